The molecule has 3 aromatic rings. The summed E-state index contributed by atoms with van der Waals surface area (Å²) in [6, 6.07) is 13.6. The summed E-state index contributed by atoms with van der Waals surface area (Å²) >= 11 is 1.25. The van der Waals surface area contributed by atoms with Crippen molar-refractivity contribution in [3.05, 3.63) is 53.6 Å². The summed E-state index contributed by atoms with van der Waals surface area (Å²) in [7, 11) is 0. The third-order valence-corrected chi connectivity index (χ3v) is 5.75. The molecule has 1 amide bonds. The van der Waals surface area contributed by atoms with E-state index in [0.717, 1.165) is 29.8 Å². The van der Waals surface area contributed by atoms with E-state index >= 15 is 0 Å². The Bertz CT molecular complexity index is 1020. The van der Waals surface area contributed by atoms with Gasteiger partial charge in [-0.3, -0.25) is 4.79 Å². The summed E-state index contributed by atoms with van der Waals surface area (Å²) in [5, 5.41) is 11.7. The normalized spacial score (nSPS) is 12.6. The van der Waals surface area contributed by atoms with Gasteiger partial charge in [0.25, 0.3) is 0 Å². The van der Waals surface area contributed by atoms with Gasteiger partial charge in [-0.25, -0.2) is 4.68 Å². The second-order valence-corrected chi connectivity index (χ2v) is 7.75. The highest BCUT2D eigenvalue weighted by Gasteiger charge is 2.15. The fourth-order valence-electron chi connectivity index (χ4n) is 3.42. The van der Waals surface area contributed by atoms with Gasteiger partial charge < -0.3 is 15.9 Å². The van der Waals surface area contributed by atoms with Crippen LogP contribution in [0.5, 0.6) is 5.75 Å². The number of aryl methyl sites for hydroxylation is 2. The Kier molecular flexibility index (Phi) is 5.71. The average molecular weight is 410 g/mol. The van der Waals surface area contributed by atoms with Crippen LogP contribution in [0.15, 0.2) is 47.6 Å². The third-order valence-electron chi connectivity index (χ3n) is 4.80. The number of nitrogens with zero attached hydrogens (tertiary/aromatic N) is 3. The highest BCUT2D eigenvalue weighted by Crippen LogP contribution is 2.26. The minimum atomic E-state index is -0.0986. The van der Waals surface area contributed by atoms with Crippen LogP contribution in [0.1, 0.15) is 24.5 Å². The molecule has 8 heteroatoms. The van der Waals surface area contributed by atoms with Gasteiger partial charge in [-0.05, 0) is 73.7 Å². The fourth-order valence-corrected chi connectivity index (χ4v) is 4.07. The van der Waals surface area contributed by atoms with E-state index in [1.807, 2.05) is 37.3 Å². The molecular weight excluding hydrogens is 386 g/mol. The maximum Gasteiger partial charge on any atom is 0.234 e. The highest BCUT2D eigenvalue weighted by atomic mass is 32.2. The van der Waals surface area contributed by atoms with Crippen molar-refractivity contribution in [2.24, 2.45) is 0 Å². The van der Waals surface area contributed by atoms with Gasteiger partial charge in [-0.2, -0.15) is 0 Å². The van der Waals surface area contributed by atoms with E-state index in [4.69, 9.17) is 10.6 Å². The van der Waals surface area contributed by atoms with Crippen molar-refractivity contribution in [2.45, 2.75) is 31.3 Å². The first kappa shape index (κ1) is 19.3. The van der Waals surface area contributed by atoms with Crippen molar-refractivity contribution >= 4 is 23.4 Å². The molecule has 1 heterocycles. The number of rotatable bonds is 7. The van der Waals surface area contributed by atoms with Gasteiger partial charge in [0.1, 0.15) is 5.75 Å². The number of ether oxygens (including phenoxy) is 1. The monoisotopic (exact) mass is 409 g/mol. The van der Waals surface area contributed by atoms with Crippen LogP contribution < -0.4 is 15.9 Å². The van der Waals surface area contributed by atoms with E-state index in [2.05, 4.69) is 27.6 Å². The molecule has 3 N–H and O–H groups in total. The Morgan fingerprint density at radius 2 is 1.97 bits per heavy atom. The second-order valence-electron chi connectivity index (χ2n) is 6.81. The number of thioether (sulfide) groups is 1. The summed E-state index contributed by atoms with van der Waals surface area (Å²) in [4.78, 5) is 12.3. The van der Waals surface area contributed by atoms with Crippen LogP contribution in [-0.4, -0.2) is 33.1 Å². The van der Waals surface area contributed by atoms with Gasteiger partial charge in [0.15, 0.2) is 5.82 Å². The first-order valence-electron chi connectivity index (χ1n) is 9.62. The van der Waals surface area contributed by atoms with Crippen molar-refractivity contribution in [3.8, 4) is 17.1 Å². The molecule has 0 atom stereocenters. The molecule has 0 fully saturated rings. The first-order chi connectivity index (χ1) is 14.1. The molecule has 0 unspecified atom stereocenters. The molecule has 2 aromatic carbocycles. The number of anilines is 1. The van der Waals surface area contributed by atoms with E-state index in [0.29, 0.717) is 17.6 Å². The SMILES string of the molecule is CCOc1ccc(-c2nnc(SCC(=O)Nc3ccc4c(c3)CCC4)n2N)cc1. The number of nitrogens with two attached hydrogens (primary N) is 1. The highest BCUT2D eigenvalue weighted by molar-refractivity contribution is 7.99. The number of aromatic nitrogens is 3. The Hall–Kier alpha value is -3.00. The Balaban J connectivity index is 1.37. The van der Waals surface area contributed by atoms with Gasteiger partial charge in [0, 0.05) is 11.3 Å². The zero-order chi connectivity index (χ0) is 20.2. The Morgan fingerprint density at radius 3 is 2.76 bits per heavy atom. The molecular formula is C21H23N5O2S. The van der Waals surface area contributed by atoms with Crippen molar-refractivity contribution in [1.82, 2.24) is 14.9 Å². The number of hydrogen-bond donors (Lipinski definition) is 2. The maximum absolute atomic E-state index is 12.3. The molecule has 1 aromatic heterocycles. The number of nitrogens with one attached hydrogen (secondary N) is 1. The summed E-state index contributed by atoms with van der Waals surface area (Å²) in [6.07, 6.45) is 3.39. The lowest BCUT2D eigenvalue weighted by Gasteiger charge is -2.08. The zero-order valence-electron chi connectivity index (χ0n) is 16.2. The number of amides is 1. The maximum atomic E-state index is 12.3. The van der Waals surface area contributed by atoms with Crippen LogP contribution in [0, 0.1) is 0 Å². The summed E-state index contributed by atoms with van der Waals surface area (Å²) in [5.74, 6) is 7.57. The van der Waals surface area contributed by atoms with Crippen LogP contribution in [0.25, 0.3) is 11.4 Å². The van der Waals surface area contributed by atoms with Crippen molar-refractivity contribution in [3.63, 3.8) is 0 Å². The van der Waals surface area contributed by atoms with Gasteiger partial charge in [0.2, 0.25) is 11.1 Å². The fraction of sp³-hybridized carbons (Fsp3) is 0.286. The molecule has 7 nitrogen and oxygen atoms in total. The van der Waals surface area contributed by atoms with E-state index < -0.39 is 0 Å². The molecule has 4 rings (SSSR count). The second kappa shape index (κ2) is 8.57. The quantitative estimate of drug-likeness (QED) is 0.459. The van der Waals surface area contributed by atoms with Gasteiger partial charge in [-0.1, -0.05) is 17.8 Å². The number of nitrogen functional groups attached to an aromatic ring is 1. The molecule has 1 aliphatic carbocycles. The molecule has 0 radical (unpaired) electrons. The molecule has 1 aliphatic rings. The molecule has 0 spiro atoms. The predicted molar refractivity (Wildman–Crippen MR) is 115 cm³/mol. The largest absolute Gasteiger partial charge is 0.494 e. The number of fused-ring (bicyclic) bond motifs is 1. The number of carbonyl (C=O) groups is 1. The van der Waals surface area contributed by atoms with Crippen LogP contribution in [0.2, 0.25) is 0 Å². The zero-order valence-corrected chi connectivity index (χ0v) is 17.0. The third kappa shape index (κ3) is 4.37. The van der Waals surface area contributed by atoms with Crippen LogP contribution in [0.3, 0.4) is 0 Å². The lowest BCUT2D eigenvalue weighted by molar-refractivity contribution is -0.113. The van der Waals surface area contributed by atoms with Crippen LogP contribution in [0.4, 0.5) is 5.69 Å². The van der Waals surface area contributed by atoms with Crippen molar-refractivity contribution in [1.29, 1.82) is 0 Å². The first-order valence-corrected chi connectivity index (χ1v) is 10.6. The van der Waals surface area contributed by atoms with Crippen molar-refractivity contribution < 1.29 is 9.53 Å². The summed E-state index contributed by atoms with van der Waals surface area (Å²) in [5.41, 5.74) is 4.38. The van der Waals surface area contributed by atoms with Gasteiger partial charge in [0.05, 0.1) is 12.4 Å². The minimum Gasteiger partial charge on any atom is -0.494 e. The number of carbonyl (C=O) groups excluding carboxylic acids is 1. The average Bonchev–Trinajstić information content (AvgIpc) is 3.33. The van der Waals surface area contributed by atoms with E-state index in [1.54, 1.807) is 0 Å². The molecule has 0 saturated heterocycles. The van der Waals surface area contributed by atoms with E-state index in [-0.39, 0.29) is 11.7 Å². The van der Waals surface area contributed by atoms with E-state index in [9.17, 15) is 4.79 Å². The van der Waals surface area contributed by atoms with Crippen molar-refractivity contribution in [2.75, 3.05) is 23.5 Å². The molecule has 0 aliphatic heterocycles. The number of hydrogen-bond acceptors (Lipinski definition) is 6. The van der Waals surface area contributed by atoms with Gasteiger partial charge >= 0.3 is 0 Å². The Morgan fingerprint density at radius 1 is 1.17 bits per heavy atom. The number of benzene rings is 2. The smallest absolute Gasteiger partial charge is 0.234 e. The standard InChI is InChI=1S/C21H23N5O2S/c1-2-28-18-10-7-15(8-11-18)20-24-25-21(26(20)22)29-13-19(27)23-17-9-6-14-4-3-5-16(14)12-17/h6-12H,2-5,13,22H2,1H3,(H,23,27). The topological polar surface area (TPSA) is 95.1 Å². The van der Waals surface area contributed by atoms with Crippen LogP contribution in [-0.2, 0) is 17.6 Å². The summed E-state index contributed by atoms with van der Waals surface area (Å²) in [6.45, 7) is 2.55. The van der Waals surface area contributed by atoms with Gasteiger partial charge in [-0.15, -0.1) is 10.2 Å². The molecule has 29 heavy (non-hydrogen) atoms. The van der Waals surface area contributed by atoms with Crippen LogP contribution >= 0.6 is 11.8 Å². The molecule has 0 saturated carbocycles. The lowest BCUT2D eigenvalue weighted by Crippen LogP contribution is -2.16. The lowest BCUT2D eigenvalue weighted by atomic mass is 10.1. The predicted octanol–water partition coefficient (Wildman–Crippen LogP) is 3.28. The van der Waals surface area contributed by atoms with E-state index in [1.165, 1.54) is 34.0 Å². The molecule has 0 bridgehead atoms. The minimum absolute atomic E-state index is 0.0986. The Labute approximate surface area is 173 Å². The summed E-state index contributed by atoms with van der Waals surface area (Å²) < 4.78 is 6.85. The molecule has 150 valence electrons.